The molecule has 53 heavy (non-hydrogen) atoms. The Hall–Kier alpha value is -5.07. The summed E-state index contributed by atoms with van der Waals surface area (Å²) in [7, 11) is 0. The molecule has 9 N–H and O–H groups in total. The van der Waals surface area contributed by atoms with Gasteiger partial charge in [0.15, 0.2) is 17.6 Å². The van der Waals surface area contributed by atoms with Crippen molar-refractivity contribution in [3.63, 3.8) is 0 Å². The molecular weight excluding hydrogens is 700 g/mol. The van der Waals surface area contributed by atoms with Crippen LogP contribution in [0.1, 0.15) is 41.7 Å². The number of phenols is 4. The molecule has 3 aromatic rings. The molecule has 1 unspecified atom stereocenters. The zero-order valence-electron chi connectivity index (χ0n) is 28.4. The van der Waals surface area contributed by atoms with Gasteiger partial charge in [0.2, 0.25) is 12.6 Å². The molecule has 16 nitrogen and oxygen atoms in total. The number of aryl methyl sites for hydroxylation is 1. The largest absolute Gasteiger partial charge is 0.508 e. The maximum absolute atomic E-state index is 12.5. The first-order valence-corrected chi connectivity index (χ1v) is 16.6. The molecule has 3 aliphatic rings. The van der Waals surface area contributed by atoms with E-state index in [9.17, 15) is 50.8 Å². The van der Waals surface area contributed by atoms with Gasteiger partial charge in [-0.25, -0.2) is 4.79 Å². The van der Waals surface area contributed by atoms with Gasteiger partial charge in [0.05, 0.1) is 17.8 Å². The van der Waals surface area contributed by atoms with Crippen molar-refractivity contribution in [3.05, 3.63) is 82.6 Å². The molecule has 10 atom stereocenters. The molecular formula is C37H40O16. The summed E-state index contributed by atoms with van der Waals surface area (Å²) in [5.41, 5.74) is 1.24. The predicted molar refractivity (Wildman–Crippen MR) is 181 cm³/mol. The number of fused-ring (bicyclic) bond motifs is 1. The normalized spacial score (nSPS) is 29.8. The summed E-state index contributed by atoms with van der Waals surface area (Å²) in [4.78, 5) is 12.5. The van der Waals surface area contributed by atoms with E-state index in [0.29, 0.717) is 5.56 Å². The van der Waals surface area contributed by atoms with Crippen LogP contribution in [0.4, 0.5) is 0 Å². The minimum Gasteiger partial charge on any atom is -0.508 e. The standard InChI is InChI=1S/C37H40O16/c1-16-9-19(11-24(41)30(16)43)35-27(14-22-25(50-35)12-21(39)13-26(22)51-36-31(44)23(40)10-17(2)49-36)52-37-34(47)33(46)32(45)28(53-37)15-48-29(42)8-5-18-3-6-20(38)7-4-18/h3-9,11-14,17,23,28,31-41,43-47H,10,15H2,1-2H3/b8-5+/t17-,23+,28-,31-,32-,33+,34-,35?,36+,37-/m1/s1. The number of ether oxygens (including phenoxy) is 6. The number of carbonyl (C=O) groups is 1. The van der Waals surface area contributed by atoms with E-state index in [4.69, 9.17) is 28.4 Å². The van der Waals surface area contributed by atoms with Gasteiger partial charge < -0.3 is 74.4 Å². The van der Waals surface area contributed by atoms with E-state index in [-0.39, 0.29) is 57.6 Å². The molecule has 0 radical (unpaired) electrons. The van der Waals surface area contributed by atoms with E-state index >= 15 is 0 Å². The maximum Gasteiger partial charge on any atom is 0.330 e. The Kier molecular flexibility index (Phi) is 11.0. The fourth-order valence-electron chi connectivity index (χ4n) is 6.09. The van der Waals surface area contributed by atoms with Crippen LogP contribution in [0.2, 0.25) is 0 Å². The number of aromatic hydroxyl groups is 4. The van der Waals surface area contributed by atoms with E-state index in [1.165, 1.54) is 55.5 Å². The highest BCUT2D eigenvalue weighted by Crippen LogP contribution is 2.47. The zero-order chi connectivity index (χ0) is 38.1. The fraction of sp³-hybridized carbons (Fsp3) is 0.378. The number of hydrogen-bond donors (Lipinski definition) is 9. The Bertz CT molecular complexity index is 1830. The number of carbonyl (C=O) groups excluding carboxylic acids is 1. The minimum atomic E-state index is -1.85. The van der Waals surface area contributed by atoms with E-state index in [1.807, 2.05) is 0 Å². The second-order valence-corrected chi connectivity index (χ2v) is 13.0. The lowest BCUT2D eigenvalue weighted by atomic mass is 9.97. The van der Waals surface area contributed by atoms with Crippen molar-refractivity contribution in [2.24, 2.45) is 0 Å². The summed E-state index contributed by atoms with van der Waals surface area (Å²) in [5, 5.41) is 94.0. The molecule has 3 aromatic carbocycles. The summed E-state index contributed by atoms with van der Waals surface area (Å²) in [6.45, 7) is 2.64. The average Bonchev–Trinajstić information content (AvgIpc) is 3.11. The van der Waals surface area contributed by atoms with Crippen LogP contribution in [0.3, 0.4) is 0 Å². The first-order valence-electron chi connectivity index (χ1n) is 16.6. The van der Waals surface area contributed by atoms with Crippen molar-refractivity contribution in [2.45, 2.75) is 81.7 Å². The van der Waals surface area contributed by atoms with E-state index in [1.54, 1.807) is 19.1 Å². The van der Waals surface area contributed by atoms with Gasteiger partial charge in [0, 0.05) is 30.2 Å². The van der Waals surface area contributed by atoms with E-state index in [2.05, 4.69) is 0 Å². The number of benzene rings is 3. The van der Waals surface area contributed by atoms with Gasteiger partial charge >= 0.3 is 5.97 Å². The van der Waals surface area contributed by atoms with Gasteiger partial charge in [-0.05, 0) is 61.4 Å². The molecule has 0 bridgehead atoms. The smallest absolute Gasteiger partial charge is 0.330 e. The maximum atomic E-state index is 12.5. The SMILES string of the molecule is Cc1cc(C2Oc3cc(O)cc(O[C@@H]4O[C@H](C)C[C@H](O)[C@H]4O)c3C=C2O[C@@H]2O[C@H](COC(=O)/C=C/c3ccc(O)cc3)[C@@H](O)[C@H](O)[C@H]2O)cc(O)c1O. The fourth-order valence-corrected chi connectivity index (χ4v) is 6.09. The van der Waals surface area contributed by atoms with Crippen molar-refractivity contribution in [2.75, 3.05) is 6.61 Å². The van der Waals surface area contributed by atoms with Crippen molar-refractivity contribution < 1.29 is 79.2 Å². The number of hydrogen-bond acceptors (Lipinski definition) is 16. The van der Waals surface area contributed by atoms with Crippen molar-refractivity contribution in [1.82, 2.24) is 0 Å². The van der Waals surface area contributed by atoms with Gasteiger partial charge in [-0.1, -0.05) is 12.1 Å². The summed E-state index contributed by atoms with van der Waals surface area (Å²) >= 11 is 0. The summed E-state index contributed by atoms with van der Waals surface area (Å²) < 4.78 is 35.0. The Labute approximate surface area is 302 Å². The third-order valence-corrected chi connectivity index (χ3v) is 8.96. The van der Waals surface area contributed by atoms with E-state index in [0.717, 1.165) is 6.08 Å². The molecule has 0 aromatic heterocycles. The number of esters is 1. The van der Waals surface area contributed by atoms with Crippen LogP contribution < -0.4 is 9.47 Å². The second-order valence-electron chi connectivity index (χ2n) is 13.0. The van der Waals surface area contributed by atoms with Gasteiger partial charge in [0.25, 0.3) is 0 Å². The first-order chi connectivity index (χ1) is 25.2. The minimum absolute atomic E-state index is 0.0344. The monoisotopic (exact) mass is 740 g/mol. The molecule has 0 spiro atoms. The van der Waals surface area contributed by atoms with Gasteiger partial charge in [-0.2, -0.15) is 0 Å². The zero-order valence-corrected chi connectivity index (χ0v) is 28.4. The third kappa shape index (κ3) is 8.29. The molecule has 3 heterocycles. The average molecular weight is 741 g/mol. The molecule has 284 valence electrons. The molecule has 0 saturated carbocycles. The number of aliphatic hydroxyl groups excluding tert-OH is 5. The summed E-state index contributed by atoms with van der Waals surface area (Å²) in [5.74, 6) is -2.10. The molecule has 6 rings (SSSR count). The van der Waals surface area contributed by atoms with Crippen LogP contribution in [0.5, 0.6) is 34.5 Å². The molecule has 3 aliphatic heterocycles. The van der Waals surface area contributed by atoms with Gasteiger partial charge in [-0.15, -0.1) is 0 Å². The molecule has 0 amide bonds. The molecule has 2 saturated heterocycles. The molecule has 2 fully saturated rings. The van der Waals surface area contributed by atoms with Crippen LogP contribution in [0, 0.1) is 6.92 Å². The third-order valence-electron chi connectivity index (χ3n) is 8.96. The Morgan fingerprint density at radius 1 is 0.849 bits per heavy atom. The van der Waals surface area contributed by atoms with E-state index < -0.39 is 79.7 Å². The van der Waals surface area contributed by atoms with Crippen molar-refractivity contribution in [1.29, 1.82) is 0 Å². The quantitative estimate of drug-likeness (QED) is 0.0858. The van der Waals surface area contributed by atoms with Crippen LogP contribution in [0.25, 0.3) is 12.2 Å². The van der Waals surface area contributed by atoms with Crippen molar-refractivity contribution >= 4 is 18.1 Å². The second kappa shape index (κ2) is 15.5. The Morgan fingerprint density at radius 3 is 2.28 bits per heavy atom. The summed E-state index contributed by atoms with van der Waals surface area (Å²) in [6.07, 6.45) is -10.1. The molecule has 16 heteroatoms. The molecule has 0 aliphatic carbocycles. The highest BCUT2D eigenvalue weighted by molar-refractivity contribution is 5.87. The topological polar surface area (TPSA) is 255 Å². The lowest BCUT2D eigenvalue weighted by molar-refractivity contribution is -0.294. The number of aliphatic hydroxyl groups is 5. The van der Waals surface area contributed by atoms with Crippen molar-refractivity contribution in [3.8, 4) is 34.5 Å². The highest BCUT2D eigenvalue weighted by atomic mass is 16.7. The number of rotatable bonds is 9. The van der Waals surface area contributed by atoms with Gasteiger partial charge in [-0.3, -0.25) is 0 Å². The van der Waals surface area contributed by atoms with Gasteiger partial charge in [0.1, 0.15) is 65.9 Å². The lowest BCUT2D eigenvalue weighted by Gasteiger charge is -2.41. The predicted octanol–water partition coefficient (Wildman–Crippen LogP) is 1.61. The Balaban J connectivity index is 1.29. The van der Waals surface area contributed by atoms with Crippen LogP contribution in [-0.2, 0) is 23.7 Å². The van der Waals surface area contributed by atoms with Crippen LogP contribution in [-0.4, -0.2) is 114 Å². The summed E-state index contributed by atoms with van der Waals surface area (Å²) in [6, 6.07) is 11.2. The first kappa shape index (κ1) is 37.7. The number of phenolic OH excluding ortho intramolecular Hbond substituents is 4. The Morgan fingerprint density at radius 2 is 1.57 bits per heavy atom. The highest BCUT2D eigenvalue weighted by Gasteiger charge is 2.47. The lowest BCUT2D eigenvalue weighted by Crippen LogP contribution is -2.59. The van der Waals surface area contributed by atoms with Crippen LogP contribution >= 0.6 is 0 Å². The van der Waals surface area contributed by atoms with Crippen LogP contribution in [0.15, 0.2) is 60.4 Å².